The highest BCUT2D eigenvalue weighted by atomic mass is 79.9. The normalized spacial score (nSPS) is 12.1. The van der Waals surface area contributed by atoms with Crippen LogP contribution in [0.5, 0.6) is 5.75 Å². The van der Waals surface area contributed by atoms with Crippen LogP contribution < -0.4 is 5.32 Å². The molecule has 1 unspecified atom stereocenters. The average Bonchev–Trinajstić information content (AvgIpc) is 2.27. The van der Waals surface area contributed by atoms with Crippen molar-refractivity contribution in [1.29, 1.82) is 0 Å². The predicted octanol–water partition coefficient (Wildman–Crippen LogP) is 2.47. The van der Waals surface area contributed by atoms with Crippen LogP contribution in [0.15, 0.2) is 24.3 Å². The van der Waals surface area contributed by atoms with Gasteiger partial charge in [-0.3, -0.25) is 4.79 Å². The second-order valence-electron chi connectivity index (χ2n) is 4.23. The molecule has 0 heterocycles. The molecule has 1 atom stereocenters. The molecular formula is C13H18BrNO2. The fraction of sp³-hybridized carbons (Fsp3) is 0.462. The van der Waals surface area contributed by atoms with Crippen LogP contribution >= 0.6 is 15.9 Å². The van der Waals surface area contributed by atoms with Gasteiger partial charge < -0.3 is 10.4 Å². The lowest BCUT2D eigenvalue weighted by atomic mass is 10.1. The summed E-state index contributed by atoms with van der Waals surface area (Å²) in [6, 6.07) is 6.79. The average molecular weight is 300 g/mol. The van der Waals surface area contributed by atoms with Crippen molar-refractivity contribution in [2.24, 2.45) is 5.92 Å². The van der Waals surface area contributed by atoms with Gasteiger partial charge in [0, 0.05) is 11.9 Å². The first-order chi connectivity index (χ1) is 8.11. The molecule has 1 aromatic carbocycles. The van der Waals surface area contributed by atoms with Crippen LogP contribution in [0, 0.1) is 5.92 Å². The van der Waals surface area contributed by atoms with Crippen molar-refractivity contribution in [3.63, 3.8) is 0 Å². The van der Waals surface area contributed by atoms with E-state index in [1.54, 1.807) is 18.2 Å². The van der Waals surface area contributed by atoms with Crippen molar-refractivity contribution < 1.29 is 9.90 Å². The second-order valence-corrected chi connectivity index (χ2v) is 5.03. The van der Waals surface area contributed by atoms with Crippen molar-refractivity contribution >= 4 is 21.8 Å². The maximum Gasteiger partial charge on any atom is 0.224 e. The summed E-state index contributed by atoms with van der Waals surface area (Å²) in [5.74, 6) is 0.669. The zero-order valence-electron chi connectivity index (χ0n) is 9.95. The Kier molecular flexibility index (Phi) is 6.05. The molecule has 0 saturated carbocycles. The molecule has 0 spiro atoms. The number of phenolic OH excluding ortho intramolecular Hbond substituents is 1. The highest BCUT2D eigenvalue weighted by molar-refractivity contribution is 9.09. The predicted molar refractivity (Wildman–Crippen MR) is 72.4 cm³/mol. The molecular weight excluding hydrogens is 282 g/mol. The molecule has 1 aromatic rings. The second kappa shape index (κ2) is 7.33. The number of halogens is 1. The Labute approximate surface area is 110 Å². The third-order valence-corrected chi connectivity index (χ3v) is 2.98. The summed E-state index contributed by atoms with van der Waals surface area (Å²) in [4.78, 5) is 11.6. The van der Waals surface area contributed by atoms with E-state index in [-0.39, 0.29) is 11.7 Å². The van der Waals surface area contributed by atoms with E-state index in [4.69, 9.17) is 0 Å². The number of hydrogen-bond donors (Lipinski definition) is 2. The number of carbonyl (C=O) groups excluding carboxylic acids is 1. The first-order valence-electron chi connectivity index (χ1n) is 5.72. The molecule has 4 heteroatoms. The van der Waals surface area contributed by atoms with Crippen LogP contribution in [0.4, 0.5) is 0 Å². The Hall–Kier alpha value is -1.03. The molecule has 0 bridgehead atoms. The van der Waals surface area contributed by atoms with Gasteiger partial charge in [-0.25, -0.2) is 0 Å². The Bertz CT molecular complexity index is 368. The Balaban J connectivity index is 2.34. The quantitative estimate of drug-likeness (QED) is 0.793. The number of amides is 1. The van der Waals surface area contributed by atoms with Gasteiger partial charge in [0.05, 0.1) is 6.42 Å². The number of rotatable bonds is 6. The summed E-state index contributed by atoms with van der Waals surface area (Å²) in [6.45, 7) is 2.80. The van der Waals surface area contributed by atoms with Crippen molar-refractivity contribution in [3.05, 3.63) is 29.8 Å². The minimum Gasteiger partial charge on any atom is -0.508 e. The maximum absolute atomic E-state index is 11.6. The SMILES string of the molecule is CC(CCBr)CNC(=O)Cc1cccc(O)c1. The van der Waals surface area contributed by atoms with E-state index in [1.165, 1.54) is 0 Å². The number of carbonyl (C=O) groups is 1. The number of alkyl halides is 1. The molecule has 0 saturated heterocycles. The lowest BCUT2D eigenvalue weighted by Gasteiger charge is -2.11. The maximum atomic E-state index is 11.6. The van der Waals surface area contributed by atoms with Gasteiger partial charge in [0.1, 0.15) is 5.75 Å². The minimum absolute atomic E-state index is 0.00276. The van der Waals surface area contributed by atoms with Gasteiger partial charge in [0.25, 0.3) is 0 Å². The summed E-state index contributed by atoms with van der Waals surface area (Å²) < 4.78 is 0. The number of phenols is 1. The van der Waals surface area contributed by atoms with Gasteiger partial charge in [-0.2, -0.15) is 0 Å². The van der Waals surface area contributed by atoms with E-state index >= 15 is 0 Å². The van der Waals surface area contributed by atoms with E-state index in [2.05, 4.69) is 28.2 Å². The van der Waals surface area contributed by atoms with E-state index in [9.17, 15) is 9.90 Å². The van der Waals surface area contributed by atoms with Gasteiger partial charge in [0.15, 0.2) is 0 Å². The molecule has 0 aromatic heterocycles. The third kappa shape index (κ3) is 5.73. The molecule has 3 nitrogen and oxygen atoms in total. The van der Waals surface area contributed by atoms with Crippen LogP contribution in [0.2, 0.25) is 0 Å². The van der Waals surface area contributed by atoms with Crippen molar-refractivity contribution in [3.8, 4) is 5.75 Å². The Morgan fingerprint density at radius 2 is 2.29 bits per heavy atom. The molecule has 0 fully saturated rings. The smallest absolute Gasteiger partial charge is 0.224 e. The molecule has 17 heavy (non-hydrogen) atoms. The van der Waals surface area contributed by atoms with Gasteiger partial charge in [-0.1, -0.05) is 35.0 Å². The Morgan fingerprint density at radius 1 is 1.53 bits per heavy atom. The van der Waals surface area contributed by atoms with E-state index in [1.807, 2.05) is 6.07 Å². The molecule has 1 amide bonds. The van der Waals surface area contributed by atoms with Crippen molar-refractivity contribution in [2.45, 2.75) is 19.8 Å². The standard InChI is InChI=1S/C13H18BrNO2/c1-10(5-6-14)9-15-13(17)8-11-3-2-4-12(16)7-11/h2-4,7,10,16H,5-6,8-9H2,1H3,(H,15,17). The summed E-state index contributed by atoms with van der Waals surface area (Å²) in [6.07, 6.45) is 1.36. The monoisotopic (exact) mass is 299 g/mol. The summed E-state index contributed by atoms with van der Waals surface area (Å²) in [5, 5.41) is 13.1. The number of benzene rings is 1. The molecule has 0 aliphatic rings. The molecule has 2 N–H and O–H groups in total. The zero-order chi connectivity index (χ0) is 12.7. The number of hydrogen-bond acceptors (Lipinski definition) is 2. The lowest BCUT2D eigenvalue weighted by molar-refractivity contribution is -0.120. The van der Waals surface area contributed by atoms with Gasteiger partial charge in [-0.15, -0.1) is 0 Å². The zero-order valence-corrected chi connectivity index (χ0v) is 11.5. The first kappa shape index (κ1) is 14.0. The fourth-order valence-corrected chi connectivity index (χ4v) is 2.27. The number of aromatic hydroxyl groups is 1. The van der Waals surface area contributed by atoms with Crippen LogP contribution in [-0.2, 0) is 11.2 Å². The topological polar surface area (TPSA) is 49.3 Å². The fourth-order valence-electron chi connectivity index (χ4n) is 1.49. The minimum atomic E-state index is -0.00276. The summed E-state index contributed by atoms with van der Waals surface area (Å²) in [5.41, 5.74) is 0.829. The molecule has 0 aliphatic carbocycles. The highest BCUT2D eigenvalue weighted by Gasteiger charge is 2.06. The molecule has 0 radical (unpaired) electrons. The summed E-state index contributed by atoms with van der Waals surface area (Å²) in [7, 11) is 0. The van der Waals surface area contributed by atoms with Gasteiger partial charge in [0.2, 0.25) is 5.91 Å². The van der Waals surface area contributed by atoms with Crippen LogP contribution in [0.3, 0.4) is 0 Å². The molecule has 0 aliphatic heterocycles. The van der Waals surface area contributed by atoms with Gasteiger partial charge in [-0.05, 0) is 30.0 Å². The van der Waals surface area contributed by atoms with Crippen molar-refractivity contribution in [1.82, 2.24) is 5.32 Å². The summed E-state index contributed by atoms with van der Waals surface area (Å²) >= 11 is 3.38. The lowest BCUT2D eigenvalue weighted by Crippen LogP contribution is -2.29. The van der Waals surface area contributed by atoms with Crippen LogP contribution in [0.1, 0.15) is 18.9 Å². The Morgan fingerprint density at radius 3 is 2.94 bits per heavy atom. The van der Waals surface area contributed by atoms with Gasteiger partial charge >= 0.3 is 0 Å². The van der Waals surface area contributed by atoms with E-state index in [0.29, 0.717) is 18.9 Å². The van der Waals surface area contributed by atoms with Crippen LogP contribution in [-0.4, -0.2) is 22.9 Å². The molecule has 1 rings (SSSR count). The van der Waals surface area contributed by atoms with Crippen molar-refractivity contribution in [2.75, 3.05) is 11.9 Å². The van der Waals surface area contributed by atoms with E-state index in [0.717, 1.165) is 17.3 Å². The molecule has 94 valence electrons. The van der Waals surface area contributed by atoms with E-state index < -0.39 is 0 Å². The third-order valence-electron chi connectivity index (χ3n) is 2.52. The largest absolute Gasteiger partial charge is 0.508 e. The first-order valence-corrected chi connectivity index (χ1v) is 6.84. The number of nitrogens with one attached hydrogen (secondary N) is 1. The van der Waals surface area contributed by atoms with Crippen LogP contribution in [0.25, 0.3) is 0 Å². The highest BCUT2D eigenvalue weighted by Crippen LogP contribution is 2.11.